The van der Waals surface area contributed by atoms with Gasteiger partial charge in [-0.1, -0.05) is 6.07 Å². The first kappa shape index (κ1) is 15.2. The Morgan fingerprint density at radius 3 is 2.65 bits per heavy atom. The van der Waals surface area contributed by atoms with Crippen LogP contribution in [0.3, 0.4) is 0 Å². The minimum atomic E-state index is -0.00665. The van der Waals surface area contributed by atoms with Gasteiger partial charge in [0.1, 0.15) is 5.75 Å². The van der Waals surface area contributed by atoms with Crippen molar-refractivity contribution in [1.29, 1.82) is 0 Å². The molecule has 3 nitrogen and oxygen atoms in total. The maximum Gasteiger partial charge on any atom is 0.234 e. The minimum Gasteiger partial charge on any atom is -0.497 e. The van der Waals surface area contributed by atoms with E-state index >= 15 is 0 Å². The van der Waals surface area contributed by atoms with Crippen molar-refractivity contribution in [2.45, 2.75) is 4.90 Å². The Morgan fingerprint density at radius 2 is 2.00 bits per heavy atom. The van der Waals surface area contributed by atoms with E-state index < -0.39 is 0 Å². The van der Waals surface area contributed by atoms with Crippen molar-refractivity contribution in [3.63, 3.8) is 0 Å². The molecule has 2 rings (SSSR count). The lowest BCUT2D eigenvalue weighted by Crippen LogP contribution is -2.13. The molecule has 0 bridgehead atoms. The molecule has 0 saturated heterocycles. The molecule has 20 heavy (non-hydrogen) atoms. The first-order valence-electron chi connectivity index (χ1n) is 5.99. The zero-order valence-corrected chi connectivity index (χ0v) is 13.9. The van der Waals surface area contributed by atoms with Crippen LogP contribution in [-0.2, 0) is 4.79 Å². The molecule has 0 atom stereocenters. The Balaban J connectivity index is 1.85. The highest BCUT2D eigenvalue weighted by Crippen LogP contribution is 2.21. The van der Waals surface area contributed by atoms with Crippen LogP contribution in [0.5, 0.6) is 5.75 Å². The second-order valence-corrected chi connectivity index (χ2v) is 6.32. The average Bonchev–Trinajstić information content (AvgIpc) is 2.46. The third-order valence-electron chi connectivity index (χ3n) is 2.54. The van der Waals surface area contributed by atoms with Gasteiger partial charge in [0.05, 0.1) is 12.9 Å². The van der Waals surface area contributed by atoms with Crippen molar-refractivity contribution >= 4 is 45.9 Å². The van der Waals surface area contributed by atoms with Crippen LogP contribution in [0.2, 0.25) is 0 Å². The number of nitrogens with one attached hydrogen (secondary N) is 1. The minimum absolute atomic E-state index is 0.00665. The molecule has 0 aliphatic heterocycles. The Labute approximate surface area is 136 Å². The van der Waals surface area contributed by atoms with E-state index in [0.29, 0.717) is 5.75 Å². The average molecular weight is 399 g/mol. The molecular weight excluding hydrogens is 385 g/mol. The zero-order chi connectivity index (χ0) is 14.4. The lowest BCUT2D eigenvalue weighted by molar-refractivity contribution is -0.113. The highest BCUT2D eigenvalue weighted by Gasteiger charge is 2.04. The molecule has 0 aromatic heterocycles. The van der Waals surface area contributed by atoms with E-state index in [1.54, 1.807) is 7.11 Å². The molecule has 0 fully saturated rings. The predicted octanol–water partition coefficient (Wildman–Crippen LogP) is 4.03. The largest absolute Gasteiger partial charge is 0.497 e. The van der Waals surface area contributed by atoms with Crippen LogP contribution in [0.1, 0.15) is 0 Å². The molecule has 104 valence electrons. The first-order chi connectivity index (χ1) is 9.67. The van der Waals surface area contributed by atoms with Crippen LogP contribution in [0.15, 0.2) is 53.4 Å². The van der Waals surface area contributed by atoms with Gasteiger partial charge in [0, 0.05) is 14.2 Å². The molecular formula is C15H14INO2S. The molecule has 0 aliphatic rings. The van der Waals surface area contributed by atoms with E-state index in [1.165, 1.54) is 11.8 Å². The number of amides is 1. The molecule has 0 spiro atoms. The topological polar surface area (TPSA) is 38.3 Å². The number of ether oxygens (including phenoxy) is 1. The summed E-state index contributed by atoms with van der Waals surface area (Å²) in [5.74, 6) is 1.20. The van der Waals surface area contributed by atoms with Crippen LogP contribution in [-0.4, -0.2) is 18.8 Å². The van der Waals surface area contributed by atoms with E-state index in [4.69, 9.17) is 4.74 Å². The van der Waals surface area contributed by atoms with Gasteiger partial charge in [-0.2, -0.15) is 0 Å². The van der Waals surface area contributed by atoms with Crippen molar-refractivity contribution in [1.82, 2.24) is 0 Å². The molecule has 0 unspecified atom stereocenters. The number of halogens is 1. The fourth-order valence-electron chi connectivity index (χ4n) is 1.58. The number of rotatable bonds is 5. The van der Waals surface area contributed by atoms with E-state index in [1.807, 2.05) is 48.5 Å². The van der Waals surface area contributed by atoms with E-state index in [-0.39, 0.29) is 5.91 Å². The van der Waals surface area contributed by atoms with E-state index in [0.717, 1.165) is 19.9 Å². The monoisotopic (exact) mass is 399 g/mol. The summed E-state index contributed by atoms with van der Waals surface area (Å²) in [7, 11) is 1.64. The molecule has 0 saturated carbocycles. The molecule has 0 radical (unpaired) electrons. The van der Waals surface area contributed by atoms with Crippen LogP contribution in [0.25, 0.3) is 0 Å². The van der Waals surface area contributed by atoms with Crippen LogP contribution >= 0.6 is 34.4 Å². The van der Waals surface area contributed by atoms with Crippen molar-refractivity contribution in [3.05, 3.63) is 52.1 Å². The number of carbonyl (C=O) groups is 1. The van der Waals surface area contributed by atoms with E-state index in [9.17, 15) is 4.79 Å². The van der Waals surface area contributed by atoms with Gasteiger partial charge in [-0.15, -0.1) is 11.8 Å². The number of thioether (sulfide) groups is 1. The predicted molar refractivity (Wildman–Crippen MR) is 91.5 cm³/mol. The summed E-state index contributed by atoms with van der Waals surface area (Å²) in [6.45, 7) is 0. The third-order valence-corrected chi connectivity index (χ3v) is 4.22. The van der Waals surface area contributed by atoms with Gasteiger partial charge in [0.25, 0.3) is 0 Å². The van der Waals surface area contributed by atoms with Gasteiger partial charge in [-0.25, -0.2) is 0 Å². The number of hydrogen-bond acceptors (Lipinski definition) is 3. The summed E-state index contributed by atoms with van der Waals surface area (Å²) in [5.41, 5.74) is 0.831. The lowest BCUT2D eigenvalue weighted by atomic mass is 10.3. The molecule has 1 amide bonds. The quantitative estimate of drug-likeness (QED) is 0.610. The number of benzene rings is 2. The molecule has 1 N–H and O–H groups in total. The van der Waals surface area contributed by atoms with Crippen molar-refractivity contribution in [2.75, 3.05) is 18.2 Å². The van der Waals surface area contributed by atoms with Crippen LogP contribution < -0.4 is 10.1 Å². The van der Waals surface area contributed by atoms with Crippen LogP contribution in [0.4, 0.5) is 5.69 Å². The fraction of sp³-hybridized carbons (Fsp3) is 0.133. The Hall–Kier alpha value is -1.21. The van der Waals surface area contributed by atoms with Gasteiger partial charge in [0.2, 0.25) is 5.91 Å². The molecule has 2 aromatic carbocycles. The Kier molecular flexibility index (Phi) is 5.72. The summed E-state index contributed by atoms with van der Waals surface area (Å²) in [5, 5.41) is 2.89. The fourth-order valence-corrected chi connectivity index (χ4v) is 2.83. The molecule has 0 heterocycles. The number of hydrogen-bond donors (Lipinski definition) is 1. The zero-order valence-electron chi connectivity index (χ0n) is 10.9. The maximum atomic E-state index is 11.9. The van der Waals surface area contributed by atoms with Gasteiger partial charge in [-0.05, 0) is 65.1 Å². The molecule has 0 aliphatic carbocycles. The third kappa shape index (κ3) is 4.72. The standard InChI is InChI=1S/C15H14INO2S/c1-19-13-5-7-14(8-6-13)20-10-15(18)17-12-4-2-3-11(16)9-12/h2-9H,10H2,1H3,(H,17,18). The molecule has 5 heteroatoms. The number of anilines is 1. The van der Waals surface area contributed by atoms with Crippen molar-refractivity contribution < 1.29 is 9.53 Å². The van der Waals surface area contributed by atoms with Crippen LogP contribution in [0, 0.1) is 3.57 Å². The number of carbonyl (C=O) groups excluding carboxylic acids is 1. The lowest BCUT2D eigenvalue weighted by Gasteiger charge is -2.06. The van der Waals surface area contributed by atoms with Crippen molar-refractivity contribution in [3.8, 4) is 5.75 Å². The van der Waals surface area contributed by atoms with Gasteiger partial charge in [0.15, 0.2) is 0 Å². The molecule has 2 aromatic rings. The Bertz CT molecular complexity index is 587. The smallest absolute Gasteiger partial charge is 0.234 e. The second-order valence-electron chi connectivity index (χ2n) is 4.02. The highest BCUT2D eigenvalue weighted by molar-refractivity contribution is 14.1. The summed E-state index contributed by atoms with van der Waals surface area (Å²) in [6.07, 6.45) is 0. The highest BCUT2D eigenvalue weighted by atomic mass is 127. The summed E-state index contributed by atoms with van der Waals surface area (Å²) in [4.78, 5) is 12.9. The van der Waals surface area contributed by atoms with Gasteiger partial charge < -0.3 is 10.1 Å². The summed E-state index contributed by atoms with van der Waals surface area (Å²) >= 11 is 3.72. The second kappa shape index (κ2) is 7.54. The summed E-state index contributed by atoms with van der Waals surface area (Å²) < 4.78 is 6.20. The van der Waals surface area contributed by atoms with Crippen molar-refractivity contribution in [2.24, 2.45) is 0 Å². The SMILES string of the molecule is COc1ccc(SCC(=O)Nc2cccc(I)c2)cc1. The van der Waals surface area contributed by atoms with Gasteiger partial charge in [-0.3, -0.25) is 4.79 Å². The number of methoxy groups -OCH3 is 1. The Morgan fingerprint density at radius 1 is 1.25 bits per heavy atom. The summed E-state index contributed by atoms with van der Waals surface area (Å²) in [6, 6.07) is 15.4. The van der Waals surface area contributed by atoms with E-state index in [2.05, 4.69) is 27.9 Å². The maximum absolute atomic E-state index is 11.9. The first-order valence-corrected chi connectivity index (χ1v) is 8.06. The normalized spacial score (nSPS) is 10.1. The van der Waals surface area contributed by atoms with Gasteiger partial charge >= 0.3 is 0 Å².